The van der Waals surface area contributed by atoms with Crippen molar-refractivity contribution in [3.05, 3.63) is 41.8 Å². The number of nitrogens with one attached hydrogen (secondary N) is 1. The van der Waals surface area contributed by atoms with E-state index in [-0.39, 0.29) is 17.4 Å². The Hall–Kier alpha value is -2.58. The molecule has 0 radical (unpaired) electrons. The Balaban J connectivity index is 1.22. The Morgan fingerprint density at radius 2 is 1.85 bits per heavy atom. The molecule has 4 aliphatic rings. The Labute approximate surface area is 200 Å². The molecule has 1 aromatic heterocycles. The van der Waals surface area contributed by atoms with Gasteiger partial charge in [-0.1, -0.05) is 24.3 Å². The molecule has 0 spiro atoms. The third kappa shape index (κ3) is 4.66. The Morgan fingerprint density at radius 1 is 1.15 bits per heavy atom. The first-order chi connectivity index (χ1) is 16.4. The van der Waals surface area contributed by atoms with E-state index in [1.54, 1.807) is 7.11 Å². The lowest BCUT2D eigenvalue weighted by atomic mass is 9.73. The van der Waals surface area contributed by atoms with E-state index in [4.69, 9.17) is 4.74 Å². The minimum absolute atomic E-state index is 0.00299. The normalized spacial score (nSPS) is 27.1. The molecule has 2 bridgehead atoms. The molecule has 8 heteroatoms. The molecule has 6 rings (SSSR count). The number of halogens is 1. The molecule has 0 saturated carbocycles. The highest BCUT2D eigenvalue weighted by Crippen LogP contribution is 2.36. The number of hydrogen-bond donors (Lipinski definition) is 1. The summed E-state index contributed by atoms with van der Waals surface area (Å²) in [5.74, 6) is 0.824. The third-order valence-electron chi connectivity index (χ3n) is 7.87. The van der Waals surface area contributed by atoms with Crippen LogP contribution in [0.3, 0.4) is 0 Å². The summed E-state index contributed by atoms with van der Waals surface area (Å²) < 4.78 is 19.7. The zero-order valence-corrected chi connectivity index (χ0v) is 20.1. The number of nitrogens with zero attached hydrogens (tertiary/aromatic N) is 4. The number of ether oxygens (including phenoxy) is 1. The summed E-state index contributed by atoms with van der Waals surface area (Å²) in [6.07, 6.45) is 5.09. The molecule has 1 N–H and O–H groups in total. The average molecular weight is 468 g/mol. The molecule has 7 nitrogen and oxygen atoms in total. The van der Waals surface area contributed by atoms with Gasteiger partial charge in [0.05, 0.1) is 18.3 Å². The number of piperidine rings is 4. The Morgan fingerprint density at radius 3 is 2.47 bits per heavy atom. The van der Waals surface area contributed by atoms with Crippen molar-refractivity contribution in [1.29, 1.82) is 0 Å². The molecule has 1 atom stereocenters. The van der Waals surface area contributed by atoms with Crippen LogP contribution >= 0.6 is 0 Å². The van der Waals surface area contributed by atoms with Gasteiger partial charge in [0.15, 0.2) is 5.82 Å². The van der Waals surface area contributed by atoms with Crippen LogP contribution < -0.4 is 10.2 Å². The summed E-state index contributed by atoms with van der Waals surface area (Å²) in [5, 5.41) is 3.41. The quantitative estimate of drug-likeness (QED) is 0.703. The molecule has 4 fully saturated rings. The van der Waals surface area contributed by atoms with Crippen LogP contribution in [0.2, 0.25) is 0 Å². The zero-order valence-electron chi connectivity index (χ0n) is 20.1. The highest BCUT2D eigenvalue weighted by molar-refractivity contribution is 5.80. The third-order valence-corrected chi connectivity index (χ3v) is 7.87. The maximum absolute atomic E-state index is 14.5. The molecule has 5 heterocycles. The predicted octanol–water partition coefficient (Wildman–Crippen LogP) is 3.25. The van der Waals surface area contributed by atoms with Gasteiger partial charge < -0.3 is 19.9 Å². The van der Waals surface area contributed by atoms with Crippen molar-refractivity contribution < 1.29 is 13.9 Å². The summed E-state index contributed by atoms with van der Waals surface area (Å²) in [4.78, 5) is 26.4. The van der Waals surface area contributed by atoms with Gasteiger partial charge in [-0.15, -0.1) is 0 Å². The maximum Gasteiger partial charge on any atom is 0.226 e. The molecule has 4 aliphatic heterocycles. The van der Waals surface area contributed by atoms with Gasteiger partial charge >= 0.3 is 0 Å². The SMILES string of the molecule is COCc1ccc(-c2nc(N3CCC(C(=O)NC4(C)CN5CCC4CC5)CC3)ncc2F)cc1. The van der Waals surface area contributed by atoms with Crippen molar-refractivity contribution in [2.45, 2.75) is 44.8 Å². The highest BCUT2D eigenvalue weighted by Gasteiger charge is 2.45. The monoisotopic (exact) mass is 467 g/mol. The van der Waals surface area contributed by atoms with Crippen molar-refractivity contribution in [3.63, 3.8) is 0 Å². The van der Waals surface area contributed by atoms with Gasteiger partial charge in [-0.2, -0.15) is 0 Å². The van der Waals surface area contributed by atoms with Crippen LogP contribution in [0.5, 0.6) is 0 Å². The minimum Gasteiger partial charge on any atom is -0.380 e. The number of methoxy groups -OCH3 is 1. The largest absolute Gasteiger partial charge is 0.380 e. The van der Waals surface area contributed by atoms with E-state index in [2.05, 4.69) is 32.0 Å². The lowest BCUT2D eigenvalue weighted by molar-refractivity contribution is -0.130. The number of hydrogen-bond acceptors (Lipinski definition) is 6. The minimum atomic E-state index is -0.441. The van der Waals surface area contributed by atoms with Crippen LogP contribution in [-0.2, 0) is 16.1 Å². The van der Waals surface area contributed by atoms with Gasteiger partial charge in [-0.05, 0) is 57.2 Å². The number of carbonyl (C=O) groups excluding carboxylic acids is 1. The van der Waals surface area contributed by atoms with E-state index in [0.717, 1.165) is 38.0 Å². The number of aromatic nitrogens is 2. The smallest absolute Gasteiger partial charge is 0.226 e. The Bertz CT molecular complexity index is 1020. The summed E-state index contributed by atoms with van der Waals surface area (Å²) in [5.41, 5.74) is 1.91. The predicted molar refractivity (Wildman–Crippen MR) is 129 cm³/mol. The molecular weight excluding hydrogens is 433 g/mol. The Kier molecular flexibility index (Phi) is 6.53. The molecule has 1 unspecified atom stereocenters. The molecule has 34 heavy (non-hydrogen) atoms. The number of benzene rings is 1. The molecule has 4 saturated heterocycles. The first-order valence-electron chi connectivity index (χ1n) is 12.4. The van der Waals surface area contributed by atoms with Crippen molar-refractivity contribution in [3.8, 4) is 11.3 Å². The number of anilines is 1. The first-order valence-corrected chi connectivity index (χ1v) is 12.4. The van der Waals surface area contributed by atoms with E-state index in [1.165, 1.54) is 19.0 Å². The van der Waals surface area contributed by atoms with Crippen molar-refractivity contribution in [2.24, 2.45) is 11.8 Å². The molecule has 182 valence electrons. The van der Waals surface area contributed by atoms with Crippen LogP contribution in [-0.4, -0.2) is 66.1 Å². The topological polar surface area (TPSA) is 70.6 Å². The number of rotatable bonds is 6. The van der Waals surface area contributed by atoms with Gasteiger partial charge in [0.1, 0.15) is 5.69 Å². The van der Waals surface area contributed by atoms with Crippen molar-refractivity contribution in [2.75, 3.05) is 44.7 Å². The molecule has 0 aliphatic carbocycles. The zero-order chi connectivity index (χ0) is 23.7. The average Bonchev–Trinajstić information content (AvgIpc) is 2.85. The number of amides is 1. The lowest BCUT2D eigenvalue weighted by Gasteiger charge is -2.52. The second kappa shape index (κ2) is 9.58. The number of fused-ring (bicyclic) bond motifs is 3. The fourth-order valence-electron chi connectivity index (χ4n) is 5.83. The maximum atomic E-state index is 14.5. The fraction of sp³-hybridized carbons (Fsp3) is 0.577. The summed E-state index contributed by atoms with van der Waals surface area (Å²) in [7, 11) is 1.65. The van der Waals surface area contributed by atoms with Gasteiger partial charge in [-0.3, -0.25) is 4.79 Å². The standard InChI is InChI=1S/C26H34FN5O2/c1-26(17-31-11-9-21(26)10-12-31)30-24(33)20-7-13-32(14-8-20)25-28-15-22(27)23(29-25)19-5-3-18(4-6-19)16-34-2/h3-6,15,20-21H,7-14,16-17H2,1-2H3,(H,30,33). The molecule has 1 amide bonds. The van der Waals surface area contributed by atoms with Crippen LogP contribution in [0.1, 0.15) is 38.2 Å². The van der Waals surface area contributed by atoms with Crippen LogP contribution in [0.25, 0.3) is 11.3 Å². The van der Waals surface area contributed by atoms with Crippen LogP contribution in [0, 0.1) is 17.7 Å². The van der Waals surface area contributed by atoms with E-state index in [9.17, 15) is 9.18 Å². The van der Waals surface area contributed by atoms with E-state index >= 15 is 0 Å². The van der Waals surface area contributed by atoms with Crippen molar-refractivity contribution >= 4 is 11.9 Å². The van der Waals surface area contributed by atoms with Gasteiger partial charge in [0.2, 0.25) is 11.9 Å². The molecular formula is C26H34FN5O2. The van der Waals surface area contributed by atoms with Gasteiger partial charge in [0.25, 0.3) is 0 Å². The van der Waals surface area contributed by atoms with Crippen LogP contribution in [0.15, 0.2) is 30.5 Å². The second-order valence-corrected chi connectivity index (χ2v) is 10.2. The first kappa shape index (κ1) is 23.2. The van der Waals surface area contributed by atoms with E-state index < -0.39 is 5.82 Å². The van der Waals surface area contributed by atoms with Gasteiger partial charge in [-0.25, -0.2) is 14.4 Å². The second-order valence-electron chi connectivity index (χ2n) is 10.2. The van der Waals surface area contributed by atoms with E-state index in [1.807, 2.05) is 24.3 Å². The summed E-state index contributed by atoms with van der Waals surface area (Å²) >= 11 is 0. The van der Waals surface area contributed by atoms with Crippen LogP contribution in [0.4, 0.5) is 10.3 Å². The van der Waals surface area contributed by atoms with E-state index in [0.29, 0.717) is 42.8 Å². The molecule has 1 aromatic carbocycles. The fourth-order valence-corrected chi connectivity index (χ4v) is 5.83. The highest BCUT2D eigenvalue weighted by atomic mass is 19.1. The van der Waals surface area contributed by atoms with Gasteiger partial charge in [0, 0.05) is 38.2 Å². The summed E-state index contributed by atoms with van der Waals surface area (Å²) in [6, 6.07) is 7.55. The lowest BCUT2D eigenvalue weighted by Crippen LogP contribution is -2.66. The number of carbonyl (C=O) groups is 1. The van der Waals surface area contributed by atoms with Crippen molar-refractivity contribution in [1.82, 2.24) is 20.2 Å². The summed E-state index contributed by atoms with van der Waals surface area (Å²) in [6.45, 7) is 7.37. The molecule has 2 aromatic rings.